The number of halogens is 2. The SMILES string of the molecule is Cc1nc2c(F)cc(-c3nc(N[C@@H]4CCN(S(=O)(=O)C5CCN(C(=O)OC(C)(C)C)CC5)C[C@H]4O)ncc3Cl)cc2n1C(C)C. The molecular weight excluding hydrogens is 625 g/mol. The first-order valence-electron chi connectivity index (χ1n) is 15.2. The molecule has 2 aliphatic heterocycles. The second-order valence-corrected chi connectivity index (χ2v) is 15.6. The third kappa shape index (κ3) is 7.03. The van der Waals surface area contributed by atoms with Crippen molar-refractivity contribution in [3.05, 3.63) is 35.0 Å². The molecule has 5 rings (SSSR count). The van der Waals surface area contributed by atoms with Gasteiger partial charge in [-0.3, -0.25) is 0 Å². The maximum absolute atomic E-state index is 15.1. The number of aryl methyl sites for hydroxylation is 1. The number of aliphatic hydroxyl groups excluding tert-OH is 1. The molecule has 1 amide bonds. The zero-order valence-corrected chi connectivity index (χ0v) is 28.0. The summed E-state index contributed by atoms with van der Waals surface area (Å²) in [5.41, 5.74) is 1.04. The van der Waals surface area contributed by atoms with E-state index >= 15 is 4.39 Å². The first kappa shape index (κ1) is 33.3. The van der Waals surface area contributed by atoms with Gasteiger partial charge >= 0.3 is 6.09 Å². The lowest BCUT2D eigenvalue weighted by Gasteiger charge is -2.39. The Morgan fingerprint density at radius 2 is 1.84 bits per heavy atom. The molecule has 0 saturated carbocycles. The van der Waals surface area contributed by atoms with Gasteiger partial charge in [-0.05, 0) is 72.9 Å². The van der Waals surface area contributed by atoms with Crippen LogP contribution in [0, 0.1) is 12.7 Å². The summed E-state index contributed by atoms with van der Waals surface area (Å²) in [5, 5.41) is 13.7. The van der Waals surface area contributed by atoms with E-state index in [1.54, 1.807) is 26.8 Å². The number of rotatable bonds is 6. The van der Waals surface area contributed by atoms with E-state index in [0.29, 0.717) is 41.9 Å². The molecule has 2 saturated heterocycles. The normalized spacial score (nSPS) is 20.6. The first-order chi connectivity index (χ1) is 21.0. The number of aliphatic hydroxyl groups is 1. The van der Waals surface area contributed by atoms with E-state index in [2.05, 4.69) is 20.3 Å². The topological polar surface area (TPSA) is 143 Å². The fraction of sp³-hybridized carbons (Fsp3) is 0.600. The highest BCUT2D eigenvalue weighted by Crippen LogP contribution is 2.33. The standard InChI is InChI=1S/C30H41ClFN7O5S/c1-17(2)39-18(3)34-27-22(32)13-19(14-24(27)39)26-21(31)15-33-28(36-26)35-23-9-12-38(16-25(23)40)45(42,43)20-7-10-37(11-8-20)29(41)44-30(4,5)6/h13-15,17,20,23,25,40H,7-12,16H2,1-6H3,(H,33,35,36)/t23-,25-/m1/s1. The Morgan fingerprint density at radius 3 is 2.47 bits per heavy atom. The average Bonchev–Trinajstić information content (AvgIpc) is 3.30. The van der Waals surface area contributed by atoms with Crippen LogP contribution >= 0.6 is 11.6 Å². The molecule has 2 aliphatic rings. The number of likely N-dealkylation sites (tertiary alicyclic amines) is 1. The van der Waals surface area contributed by atoms with E-state index in [1.165, 1.54) is 21.5 Å². The summed E-state index contributed by atoms with van der Waals surface area (Å²) >= 11 is 6.46. The molecule has 0 radical (unpaired) electrons. The quantitative estimate of drug-likeness (QED) is 0.381. The van der Waals surface area contributed by atoms with Crippen molar-refractivity contribution in [1.29, 1.82) is 0 Å². The minimum absolute atomic E-state index is 0.0592. The molecule has 3 aromatic rings. The molecule has 4 heterocycles. The molecule has 0 unspecified atom stereocenters. The summed E-state index contributed by atoms with van der Waals surface area (Å²) in [6, 6.07) is 2.67. The molecule has 246 valence electrons. The second kappa shape index (κ2) is 12.6. The molecule has 12 nitrogen and oxygen atoms in total. The fourth-order valence-corrected chi connectivity index (χ4v) is 8.19. The van der Waals surface area contributed by atoms with Crippen molar-refractivity contribution in [3.8, 4) is 11.3 Å². The van der Waals surface area contributed by atoms with Gasteiger partial charge in [0, 0.05) is 37.8 Å². The van der Waals surface area contributed by atoms with Crippen LogP contribution in [-0.2, 0) is 14.8 Å². The molecule has 2 fully saturated rings. The number of piperidine rings is 2. The number of carbonyl (C=O) groups is 1. The Hall–Kier alpha value is -3.07. The van der Waals surface area contributed by atoms with Crippen molar-refractivity contribution < 1.29 is 27.4 Å². The van der Waals surface area contributed by atoms with Gasteiger partial charge in [0.25, 0.3) is 0 Å². The minimum Gasteiger partial charge on any atom is -0.444 e. The average molecular weight is 666 g/mol. The van der Waals surface area contributed by atoms with Gasteiger partial charge in [-0.25, -0.2) is 32.6 Å². The van der Waals surface area contributed by atoms with Crippen molar-refractivity contribution in [2.45, 2.75) is 89.8 Å². The van der Waals surface area contributed by atoms with Gasteiger partial charge in [0.15, 0.2) is 5.82 Å². The van der Waals surface area contributed by atoms with Gasteiger partial charge in [0.05, 0.1) is 39.8 Å². The molecule has 2 atom stereocenters. The number of β-amino-alcohol motifs (C(OH)–C–C–N with tert-alkyl or cyclic N) is 1. The zero-order valence-electron chi connectivity index (χ0n) is 26.4. The smallest absolute Gasteiger partial charge is 0.410 e. The van der Waals surface area contributed by atoms with Crippen molar-refractivity contribution in [3.63, 3.8) is 0 Å². The number of amides is 1. The number of carbonyl (C=O) groups excluding carboxylic acids is 1. The Kier molecular flexibility index (Phi) is 9.33. The predicted molar refractivity (Wildman–Crippen MR) is 170 cm³/mol. The van der Waals surface area contributed by atoms with E-state index in [0.717, 1.165) is 0 Å². The number of hydrogen-bond acceptors (Lipinski definition) is 9. The van der Waals surface area contributed by atoms with E-state index in [4.69, 9.17) is 16.3 Å². The maximum atomic E-state index is 15.1. The molecule has 0 bridgehead atoms. The monoisotopic (exact) mass is 665 g/mol. The highest BCUT2D eigenvalue weighted by atomic mass is 35.5. The van der Waals surface area contributed by atoms with Gasteiger partial charge in [0.2, 0.25) is 16.0 Å². The maximum Gasteiger partial charge on any atom is 0.410 e. The van der Waals surface area contributed by atoms with Crippen LogP contribution in [0.2, 0.25) is 5.02 Å². The summed E-state index contributed by atoms with van der Waals surface area (Å²) in [5.74, 6) is 0.382. The molecule has 0 spiro atoms. The number of benzene rings is 1. The van der Waals surface area contributed by atoms with Crippen LogP contribution in [0.3, 0.4) is 0 Å². The van der Waals surface area contributed by atoms with E-state index in [9.17, 15) is 18.3 Å². The number of ether oxygens (including phenoxy) is 1. The molecular formula is C30H41ClFN7O5S. The largest absolute Gasteiger partial charge is 0.444 e. The number of sulfonamides is 1. The molecule has 45 heavy (non-hydrogen) atoms. The van der Waals surface area contributed by atoms with Crippen LogP contribution in [0.25, 0.3) is 22.3 Å². The van der Waals surface area contributed by atoms with Gasteiger partial charge in [-0.1, -0.05) is 11.6 Å². The molecule has 2 aromatic heterocycles. The zero-order chi connectivity index (χ0) is 32.8. The number of imidazole rings is 1. The van der Waals surface area contributed by atoms with Crippen molar-refractivity contribution >= 4 is 44.7 Å². The highest BCUT2D eigenvalue weighted by Gasteiger charge is 2.40. The van der Waals surface area contributed by atoms with Crippen LogP contribution in [-0.4, -0.2) is 97.5 Å². The summed E-state index contributed by atoms with van der Waals surface area (Å²) < 4.78 is 50.8. The van der Waals surface area contributed by atoms with E-state index in [1.807, 2.05) is 25.3 Å². The Labute approximate surface area is 268 Å². The number of fused-ring (bicyclic) bond motifs is 1. The van der Waals surface area contributed by atoms with Gasteiger partial charge < -0.3 is 24.6 Å². The van der Waals surface area contributed by atoms with E-state index in [-0.39, 0.29) is 48.7 Å². The van der Waals surface area contributed by atoms with Crippen LogP contribution < -0.4 is 5.32 Å². The van der Waals surface area contributed by atoms with Crippen molar-refractivity contribution in [1.82, 2.24) is 28.7 Å². The summed E-state index contributed by atoms with van der Waals surface area (Å²) in [7, 11) is -3.70. The second-order valence-electron chi connectivity index (χ2n) is 13.0. The lowest BCUT2D eigenvalue weighted by molar-refractivity contribution is 0.0216. The number of nitrogens with one attached hydrogen (secondary N) is 1. The molecule has 1 aromatic carbocycles. The highest BCUT2D eigenvalue weighted by molar-refractivity contribution is 7.89. The lowest BCUT2D eigenvalue weighted by Crippen LogP contribution is -2.55. The van der Waals surface area contributed by atoms with Crippen molar-refractivity contribution in [2.24, 2.45) is 0 Å². The first-order valence-corrected chi connectivity index (χ1v) is 17.1. The van der Waals surface area contributed by atoms with E-state index < -0.39 is 44.9 Å². The fourth-order valence-electron chi connectivity index (χ4n) is 6.04. The number of hydrogen-bond donors (Lipinski definition) is 2. The lowest BCUT2D eigenvalue weighted by atomic mass is 10.0. The number of anilines is 1. The van der Waals surface area contributed by atoms with Gasteiger partial charge in [-0.15, -0.1) is 0 Å². The molecule has 0 aliphatic carbocycles. The molecule has 15 heteroatoms. The summed E-state index contributed by atoms with van der Waals surface area (Å²) in [4.78, 5) is 27.1. The third-order valence-corrected chi connectivity index (χ3v) is 10.8. The van der Waals surface area contributed by atoms with Crippen LogP contribution in [0.15, 0.2) is 18.3 Å². The van der Waals surface area contributed by atoms with Gasteiger partial charge in [0.1, 0.15) is 16.9 Å². The summed E-state index contributed by atoms with van der Waals surface area (Å²) in [6.45, 7) is 11.9. The van der Waals surface area contributed by atoms with Crippen LogP contribution in [0.5, 0.6) is 0 Å². The van der Waals surface area contributed by atoms with Gasteiger partial charge in [-0.2, -0.15) is 4.31 Å². The predicted octanol–water partition coefficient (Wildman–Crippen LogP) is 4.75. The van der Waals surface area contributed by atoms with Crippen LogP contribution in [0.1, 0.15) is 65.7 Å². The Balaban J connectivity index is 1.25. The minimum atomic E-state index is -3.70. The molecule has 2 N–H and O–H groups in total. The van der Waals surface area contributed by atoms with Crippen molar-refractivity contribution in [2.75, 3.05) is 31.5 Å². The van der Waals surface area contributed by atoms with Crippen LogP contribution in [0.4, 0.5) is 15.1 Å². The Bertz CT molecular complexity index is 1690. The Morgan fingerprint density at radius 1 is 1.16 bits per heavy atom. The number of aromatic nitrogens is 4. The number of nitrogens with zero attached hydrogens (tertiary/aromatic N) is 6. The third-order valence-electron chi connectivity index (χ3n) is 8.19. The summed E-state index contributed by atoms with van der Waals surface area (Å²) in [6.07, 6.45) is 0.829.